The number of halogens is 1. The lowest BCUT2D eigenvalue weighted by atomic mass is 10.1. The molecule has 1 aliphatic heterocycles. The van der Waals surface area contributed by atoms with Gasteiger partial charge in [-0.2, -0.15) is 16.7 Å². The number of rotatable bonds is 3. The Hall–Kier alpha value is -1.08. The van der Waals surface area contributed by atoms with Gasteiger partial charge in [-0.3, -0.25) is 4.90 Å². The van der Waals surface area contributed by atoms with E-state index in [0.717, 1.165) is 23.6 Å². The van der Waals surface area contributed by atoms with E-state index in [1.165, 1.54) is 0 Å². The molecule has 1 saturated heterocycles. The first-order valence-electron chi connectivity index (χ1n) is 6.78. The molecule has 112 valence electrons. The van der Waals surface area contributed by atoms with Gasteiger partial charge in [-0.25, -0.2) is 0 Å². The second kappa shape index (κ2) is 6.36. The molecule has 0 radical (unpaired) electrons. The minimum Gasteiger partial charge on any atom is -0.337 e. The van der Waals surface area contributed by atoms with E-state index < -0.39 is 6.04 Å². The topological polar surface area (TPSA) is 68.2 Å². The largest absolute Gasteiger partial charge is 0.337 e. The monoisotopic (exact) mass is 324 g/mol. The van der Waals surface area contributed by atoms with E-state index in [0.29, 0.717) is 16.7 Å². The Morgan fingerprint density at radius 2 is 2.29 bits per heavy atom. The SMILES string of the molecule is CN1CCSCC1c1noc([C@H](N)c2ccccc2Cl)n1. The summed E-state index contributed by atoms with van der Waals surface area (Å²) in [5.41, 5.74) is 6.99. The van der Waals surface area contributed by atoms with Crippen LogP contribution in [0.5, 0.6) is 0 Å². The standard InChI is InChI=1S/C14H17ClN4OS/c1-19-6-7-21-8-11(19)13-17-14(20-18-13)12(16)9-4-2-3-5-10(9)15/h2-5,11-12H,6-8,16H2,1H3/t11?,12-/m1/s1. The van der Waals surface area contributed by atoms with Crippen molar-refractivity contribution in [2.24, 2.45) is 5.73 Å². The molecule has 0 saturated carbocycles. The van der Waals surface area contributed by atoms with Gasteiger partial charge in [0.25, 0.3) is 0 Å². The Kier molecular flexibility index (Phi) is 4.49. The predicted molar refractivity (Wildman–Crippen MR) is 84.5 cm³/mol. The Bertz CT molecular complexity index is 621. The fraction of sp³-hybridized carbons (Fsp3) is 0.429. The van der Waals surface area contributed by atoms with Crippen LogP contribution >= 0.6 is 23.4 Å². The summed E-state index contributed by atoms with van der Waals surface area (Å²) in [6.07, 6.45) is 0. The van der Waals surface area contributed by atoms with Gasteiger partial charge < -0.3 is 10.3 Å². The smallest absolute Gasteiger partial charge is 0.248 e. The molecule has 1 aliphatic rings. The first-order valence-corrected chi connectivity index (χ1v) is 8.31. The van der Waals surface area contributed by atoms with Gasteiger partial charge in [-0.15, -0.1) is 0 Å². The summed E-state index contributed by atoms with van der Waals surface area (Å²) in [5.74, 6) is 3.21. The van der Waals surface area contributed by atoms with Crippen molar-refractivity contribution in [1.82, 2.24) is 15.0 Å². The summed E-state index contributed by atoms with van der Waals surface area (Å²) in [5, 5.41) is 4.71. The van der Waals surface area contributed by atoms with Gasteiger partial charge in [-0.1, -0.05) is 35.0 Å². The molecule has 0 amide bonds. The van der Waals surface area contributed by atoms with Crippen molar-refractivity contribution in [3.8, 4) is 0 Å². The van der Waals surface area contributed by atoms with Crippen molar-refractivity contribution in [2.45, 2.75) is 12.1 Å². The van der Waals surface area contributed by atoms with Crippen LogP contribution in [0.2, 0.25) is 5.02 Å². The highest BCUT2D eigenvalue weighted by Crippen LogP contribution is 2.29. The zero-order valence-corrected chi connectivity index (χ0v) is 13.3. The number of benzene rings is 1. The lowest BCUT2D eigenvalue weighted by Crippen LogP contribution is -2.33. The quantitative estimate of drug-likeness (QED) is 0.935. The summed E-state index contributed by atoms with van der Waals surface area (Å²) in [6.45, 7) is 1.02. The Labute approximate surface area is 132 Å². The Morgan fingerprint density at radius 1 is 1.48 bits per heavy atom. The van der Waals surface area contributed by atoms with E-state index in [-0.39, 0.29) is 6.04 Å². The molecule has 0 bridgehead atoms. The average Bonchev–Trinajstić information content (AvgIpc) is 2.97. The summed E-state index contributed by atoms with van der Waals surface area (Å²) in [4.78, 5) is 6.73. The van der Waals surface area contributed by atoms with E-state index in [1.54, 1.807) is 6.07 Å². The van der Waals surface area contributed by atoms with Gasteiger partial charge in [0.15, 0.2) is 5.82 Å². The van der Waals surface area contributed by atoms with Crippen molar-refractivity contribution in [3.63, 3.8) is 0 Å². The average molecular weight is 325 g/mol. The Morgan fingerprint density at radius 3 is 3.05 bits per heavy atom. The highest BCUT2D eigenvalue weighted by Gasteiger charge is 2.27. The zero-order chi connectivity index (χ0) is 14.8. The molecule has 1 aromatic carbocycles. The predicted octanol–water partition coefficient (Wildman–Crippen LogP) is 2.49. The van der Waals surface area contributed by atoms with E-state index >= 15 is 0 Å². The lowest BCUT2D eigenvalue weighted by molar-refractivity contribution is 0.256. The molecule has 1 fully saturated rings. The molecule has 0 spiro atoms. The molecule has 5 nitrogen and oxygen atoms in total. The van der Waals surface area contributed by atoms with Crippen molar-refractivity contribution < 1.29 is 4.52 Å². The molecule has 1 unspecified atom stereocenters. The number of nitrogens with two attached hydrogens (primary N) is 1. The first kappa shape index (κ1) is 14.8. The van der Waals surface area contributed by atoms with Gasteiger partial charge in [0.1, 0.15) is 6.04 Å². The van der Waals surface area contributed by atoms with Crippen molar-refractivity contribution in [3.05, 3.63) is 46.6 Å². The van der Waals surface area contributed by atoms with Crippen LogP contribution in [-0.4, -0.2) is 40.1 Å². The van der Waals surface area contributed by atoms with Crippen LogP contribution in [0, 0.1) is 0 Å². The minimum absolute atomic E-state index is 0.180. The summed E-state index contributed by atoms with van der Waals surface area (Å²) in [6, 6.07) is 7.12. The third-order valence-corrected chi connectivity index (χ3v) is 5.02. The number of hydrogen-bond donors (Lipinski definition) is 1. The van der Waals surface area contributed by atoms with E-state index in [2.05, 4.69) is 22.1 Å². The normalized spacial score (nSPS) is 21.4. The second-order valence-electron chi connectivity index (χ2n) is 5.06. The summed E-state index contributed by atoms with van der Waals surface area (Å²) in [7, 11) is 2.08. The van der Waals surface area contributed by atoms with E-state index in [9.17, 15) is 0 Å². The highest BCUT2D eigenvalue weighted by atomic mass is 35.5. The van der Waals surface area contributed by atoms with Crippen LogP contribution in [0.3, 0.4) is 0 Å². The maximum Gasteiger partial charge on any atom is 0.248 e. The second-order valence-corrected chi connectivity index (χ2v) is 6.62. The van der Waals surface area contributed by atoms with E-state index in [4.69, 9.17) is 21.9 Å². The van der Waals surface area contributed by atoms with Crippen LogP contribution in [0.4, 0.5) is 0 Å². The van der Waals surface area contributed by atoms with Crippen LogP contribution in [0.25, 0.3) is 0 Å². The molecule has 7 heteroatoms. The molecular formula is C14H17ClN4OS. The third-order valence-electron chi connectivity index (χ3n) is 3.66. The van der Waals surface area contributed by atoms with Crippen LogP contribution < -0.4 is 5.73 Å². The highest BCUT2D eigenvalue weighted by molar-refractivity contribution is 7.99. The molecule has 3 rings (SSSR count). The minimum atomic E-state index is -0.499. The third kappa shape index (κ3) is 3.08. The molecule has 2 N–H and O–H groups in total. The zero-order valence-electron chi connectivity index (χ0n) is 11.7. The fourth-order valence-electron chi connectivity index (χ4n) is 2.33. The van der Waals surface area contributed by atoms with E-state index in [1.807, 2.05) is 30.0 Å². The van der Waals surface area contributed by atoms with Crippen molar-refractivity contribution in [2.75, 3.05) is 25.1 Å². The van der Waals surface area contributed by atoms with Gasteiger partial charge in [-0.05, 0) is 18.7 Å². The number of thioether (sulfide) groups is 1. The molecule has 2 atom stereocenters. The van der Waals surface area contributed by atoms with Gasteiger partial charge in [0, 0.05) is 23.1 Å². The molecule has 1 aromatic heterocycles. The Balaban J connectivity index is 1.83. The lowest BCUT2D eigenvalue weighted by Gasteiger charge is -2.29. The maximum atomic E-state index is 6.20. The van der Waals surface area contributed by atoms with Crippen LogP contribution in [-0.2, 0) is 0 Å². The molecule has 2 heterocycles. The molecule has 2 aromatic rings. The summed E-state index contributed by atoms with van der Waals surface area (Å²) >= 11 is 8.07. The molecule has 21 heavy (non-hydrogen) atoms. The number of nitrogens with zero attached hydrogens (tertiary/aromatic N) is 3. The van der Waals surface area contributed by atoms with Crippen molar-refractivity contribution >= 4 is 23.4 Å². The molecule has 0 aliphatic carbocycles. The fourth-order valence-corrected chi connectivity index (χ4v) is 3.79. The van der Waals surface area contributed by atoms with Gasteiger partial charge in [0.2, 0.25) is 5.89 Å². The number of aromatic nitrogens is 2. The first-order chi connectivity index (χ1) is 10.2. The van der Waals surface area contributed by atoms with Gasteiger partial charge in [0.05, 0.1) is 6.04 Å². The number of hydrogen-bond acceptors (Lipinski definition) is 6. The molecular weight excluding hydrogens is 308 g/mol. The summed E-state index contributed by atoms with van der Waals surface area (Å²) < 4.78 is 5.36. The van der Waals surface area contributed by atoms with Crippen LogP contribution in [0.1, 0.15) is 29.4 Å². The van der Waals surface area contributed by atoms with Gasteiger partial charge >= 0.3 is 0 Å². The van der Waals surface area contributed by atoms with Crippen LogP contribution in [0.15, 0.2) is 28.8 Å². The maximum absolute atomic E-state index is 6.20. The van der Waals surface area contributed by atoms with Crippen molar-refractivity contribution in [1.29, 1.82) is 0 Å².